The van der Waals surface area contributed by atoms with Crippen molar-refractivity contribution in [2.45, 2.75) is 37.7 Å². The number of piperidine rings is 1. The van der Waals surface area contributed by atoms with E-state index in [-0.39, 0.29) is 17.5 Å². The fourth-order valence-electron chi connectivity index (χ4n) is 4.52. The Morgan fingerprint density at radius 1 is 1.13 bits per heavy atom. The second-order valence-corrected chi connectivity index (χ2v) is 8.66. The number of nitrogens with zero attached hydrogens (tertiary/aromatic N) is 2. The Balaban J connectivity index is 1.30. The summed E-state index contributed by atoms with van der Waals surface area (Å²) < 4.78 is 17.3. The van der Waals surface area contributed by atoms with E-state index in [1.54, 1.807) is 25.1 Å². The van der Waals surface area contributed by atoms with E-state index in [0.717, 1.165) is 25.7 Å². The summed E-state index contributed by atoms with van der Waals surface area (Å²) in [6, 6.07) is 5.33. The van der Waals surface area contributed by atoms with E-state index in [1.807, 2.05) is 17.0 Å². The fraction of sp³-hybridized carbons (Fsp3) is 0.636. The van der Waals surface area contributed by atoms with Gasteiger partial charge in [0.2, 0.25) is 5.91 Å². The number of urea groups is 1. The third kappa shape index (κ3) is 4.64. The molecule has 3 aliphatic heterocycles. The minimum absolute atomic E-state index is 0.114. The number of ether oxygens (including phenoxy) is 3. The minimum atomic E-state index is -0.205. The van der Waals surface area contributed by atoms with Crippen molar-refractivity contribution in [2.24, 2.45) is 5.92 Å². The molecule has 164 valence electrons. The highest BCUT2D eigenvalue weighted by Crippen LogP contribution is 2.39. The lowest BCUT2D eigenvalue weighted by molar-refractivity contribution is -0.138. The molecule has 3 aliphatic rings. The lowest BCUT2D eigenvalue weighted by Crippen LogP contribution is -2.51. The van der Waals surface area contributed by atoms with Gasteiger partial charge in [0, 0.05) is 52.0 Å². The first-order valence-corrected chi connectivity index (χ1v) is 10.7. The van der Waals surface area contributed by atoms with Crippen LogP contribution in [0.1, 0.15) is 32.1 Å². The van der Waals surface area contributed by atoms with Crippen molar-refractivity contribution in [1.29, 1.82) is 0 Å². The Bertz CT molecular complexity index is 789. The monoisotopic (exact) mass is 417 g/mol. The molecule has 2 saturated heterocycles. The molecule has 1 atom stereocenters. The number of carbonyl (C=O) groups is 2. The van der Waals surface area contributed by atoms with Crippen molar-refractivity contribution in [2.75, 3.05) is 52.3 Å². The van der Waals surface area contributed by atoms with E-state index in [2.05, 4.69) is 5.32 Å². The van der Waals surface area contributed by atoms with Crippen molar-refractivity contribution < 1.29 is 23.8 Å². The predicted molar refractivity (Wildman–Crippen MR) is 112 cm³/mol. The molecule has 30 heavy (non-hydrogen) atoms. The summed E-state index contributed by atoms with van der Waals surface area (Å²) in [5, 5.41) is 2.96. The largest absolute Gasteiger partial charge is 0.486 e. The molecular weight excluding hydrogens is 386 g/mol. The molecule has 8 heteroatoms. The van der Waals surface area contributed by atoms with Crippen LogP contribution < -0.4 is 14.8 Å². The van der Waals surface area contributed by atoms with Gasteiger partial charge in [-0.2, -0.15) is 0 Å². The maximum Gasteiger partial charge on any atom is 0.321 e. The normalized spacial score (nSPS) is 22.5. The van der Waals surface area contributed by atoms with Crippen molar-refractivity contribution in [3.8, 4) is 11.5 Å². The van der Waals surface area contributed by atoms with Gasteiger partial charge in [0.25, 0.3) is 0 Å². The van der Waals surface area contributed by atoms with Crippen LogP contribution in [0.15, 0.2) is 18.2 Å². The van der Waals surface area contributed by atoms with Crippen molar-refractivity contribution in [1.82, 2.24) is 9.80 Å². The predicted octanol–water partition coefficient (Wildman–Crippen LogP) is 2.73. The van der Waals surface area contributed by atoms with E-state index in [1.165, 1.54) is 0 Å². The second-order valence-electron chi connectivity index (χ2n) is 8.66. The Morgan fingerprint density at radius 2 is 1.87 bits per heavy atom. The van der Waals surface area contributed by atoms with Crippen molar-refractivity contribution in [3.05, 3.63) is 18.2 Å². The molecule has 0 radical (unpaired) electrons. The van der Waals surface area contributed by atoms with Crippen LogP contribution in [0.25, 0.3) is 0 Å². The summed E-state index contributed by atoms with van der Waals surface area (Å²) in [6.07, 6.45) is 3.99. The molecule has 1 spiro atoms. The van der Waals surface area contributed by atoms with E-state index in [4.69, 9.17) is 14.2 Å². The zero-order valence-electron chi connectivity index (χ0n) is 17.8. The van der Waals surface area contributed by atoms with Crippen LogP contribution in [0.3, 0.4) is 0 Å². The summed E-state index contributed by atoms with van der Waals surface area (Å²) >= 11 is 0. The molecule has 3 heterocycles. The van der Waals surface area contributed by atoms with E-state index in [0.29, 0.717) is 62.4 Å². The molecule has 1 aromatic carbocycles. The number of fused-ring (bicyclic) bond motifs is 1. The average molecular weight is 418 g/mol. The van der Waals surface area contributed by atoms with Gasteiger partial charge in [-0.25, -0.2) is 4.79 Å². The Kier molecular flexibility index (Phi) is 6.04. The molecule has 0 saturated carbocycles. The third-order valence-electron chi connectivity index (χ3n) is 6.31. The van der Waals surface area contributed by atoms with Gasteiger partial charge in [0.1, 0.15) is 13.2 Å². The first-order valence-electron chi connectivity index (χ1n) is 10.7. The van der Waals surface area contributed by atoms with Crippen LogP contribution in [-0.4, -0.2) is 74.3 Å². The molecule has 4 rings (SSSR count). The molecule has 0 aromatic heterocycles. The first kappa shape index (κ1) is 20.8. The number of carbonyl (C=O) groups excluding carboxylic acids is 2. The lowest BCUT2D eigenvalue weighted by Gasteiger charge is -2.46. The van der Waals surface area contributed by atoms with Crippen LogP contribution in [0.5, 0.6) is 11.5 Å². The van der Waals surface area contributed by atoms with E-state index in [9.17, 15) is 9.59 Å². The number of nitrogens with one attached hydrogen (secondary N) is 1. The second kappa shape index (κ2) is 8.71. The molecular formula is C22H31N3O5. The summed E-state index contributed by atoms with van der Waals surface area (Å²) in [4.78, 5) is 28.3. The van der Waals surface area contributed by atoms with Gasteiger partial charge in [-0.05, 0) is 43.7 Å². The zero-order valence-corrected chi connectivity index (χ0v) is 17.8. The first-order chi connectivity index (χ1) is 14.4. The van der Waals surface area contributed by atoms with Crippen LogP contribution in [0, 0.1) is 5.92 Å². The van der Waals surface area contributed by atoms with Crippen LogP contribution in [0.4, 0.5) is 10.5 Å². The number of likely N-dealkylation sites (tertiary alicyclic amines) is 1. The number of hydrogen-bond donors (Lipinski definition) is 1. The molecule has 0 aliphatic carbocycles. The van der Waals surface area contributed by atoms with Crippen LogP contribution in [-0.2, 0) is 9.53 Å². The molecule has 3 amide bonds. The van der Waals surface area contributed by atoms with Gasteiger partial charge in [-0.15, -0.1) is 0 Å². The van der Waals surface area contributed by atoms with E-state index < -0.39 is 0 Å². The highest BCUT2D eigenvalue weighted by atomic mass is 16.6. The Labute approximate surface area is 177 Å². The number of anilines is 1. The van der Waals surface area contributed by atoms with Crippen molar-refractivity contribution >= 4 is 17.6 Å². The third-order valence-corrected chi connectivity index (χ3v) is 6.31. The van der Waals surface area contributed by atoms with E-state index >= 15 is 0 Å². The Morgan fingerprint density at radius 3 is 2.60 bits per heavy atom. The topological polar surface area (TPSA) is 80.3 Å². The molecule has 1 unspecified atom stereocenters. The smallest absolute Gasteiger partial charge is 0.321 e. The fourth-order valence-corrected chi connectivity index (χ4v) is 4.52. The van der Waals surface area contributed by atoms with Crippen LogP contribution in [0.2, 0.25) is 0 Å². The quantitative estimate of drug-likeness (QED) is 0.818. The van der Waals surface area contributed by atoms with Gasteiger partial charge in [-0.1, -0.05) is 0 Å². The number of hydrogen-bond acceptors (Lipinski definition) is 5. The minimum Gasteiger partial charge on any atom is -0.486 e. The molecule has 1 N–H and O–H groups in total. The summed E-state index contributed by atoms with van der Waals surface area (Å²) in [5.41, 5.74) is 0.490. The zero-order chi connectivity index (χ0) is 21.1. The van der Waals surface area contributed by atoms with Gasteiger partial charge in [0.15, 0.2) is 11.5 Å². The van der Waals surface area contributed by atoms with Gasteiger partial charge < -0.3 is 29.3 Å². The number of amides is 3. The molecule has 8 nitrogen and oxygen atoms in total. The van der Waals surface area contributed by atoms with Crippen LogP contribution >= 0.6 is 0 Å². The number of rotatable bonds is 3. The highest BCUT2D eigenvalue weighted by molar-refractivity contribution is 5.89. The van der Waals surface area contributed by atoms with Gasteiger partial charge >= 0.3 is 6.03 Å². The molecule has 2 fully saturated rings. The maximum absolute atomic E-state index is 12.7. The Hall–Kier alpha value is -2.48. The van der Waals surface area contributed by atoms with Gasteiger partial charge in [0.05, 0.1) is 5.60 Å². The van der Waals surface area contributed by atoms with Gasteiger partial charge in [-0.3, -0.25) is 4.79 Å². The summed E-state index contributed by atoms with van der Waals surface area (Å²) in [6.45, 7) is 3.03. The highest BCUT2D eigenvalue weighted by Gasteiger charge is 2.41. The summed E-state index contributed by atoms with van der Waals surface area (Å²) in [7, 11) is 3.60. The van der Waals surface area contributed by atoms with Crippen molar-refractivity contribution in [3.63, 3.8) is 0 Å². The summed E-state index contributed by atoms with van der Waals surface area (Å²) in [5.74, 6) is 1.89. The molecule has 1 aromatic rings. The standard InChI is InChI=1S/C22H31N3O5/c1-24(2)20(26)13-16-5-10-30-22(15-16)6-8-25(9-7-22)21(27)23-17-3-4-18-19(14-17)29-12-11-28-18/h3-4,14,16H,5-13,15H2,1-2H3,(H,23,27). The maximum atomic E-state index is 12.7. The lowest BCUT2D eigenvalue weighted by atomic mass is 9.78. The SMILES string of the molecule is CN(C)C(=O)CC1CCOC2(CCN(C(=O)Nc3ccc4c(c3)OCCO4)CC2)C1. The average Bonchev–Trinajstić information content (AvgIpc) is 2.74. The number of benzene rings is 1. The molecule has 0 bridgehead atoms.